The largest absolute Gasteiger partial charge is 0.481 e. The van der Waals surface area contributed by atoms with Gasteiger partial charge in [-0.05, 0) is 43.5 Å². The zero-order valence-corrected chi connectivity index (χ0v) is 19.8. The Hall–Kier alpha value is -3.49. The zero-order valence-electron chi connectivity index (χ0n) is 18.2. The summed E-state index contributed by atoms with van der Waals surface area (Å²) >= 11 is 7.66. The number of carbonyl (C=O) groups excluding carboxylic acids is 2. The molecule has 1 heterocycles. The molecule has 1 aliphatic carbocycles. The first-order valence-electron chi connectivity index (χ1n) is 10.7. The van der Waals surface area contributed by atoms with Crippen LogP contribution < -0.4 is 10.7 Å². The summed E-state index contributed by atoms with van der Waals surface area (Å²) in [5, 5.41) is 17.6. The number of nitrogens with zero attached hydrogens (tertiary/aromatic N) is 1. The van der Waals surface area contributed by atoms with Crippen LogP contribution in [0.2, 0.25) is 5.02 Å². The van der Waals surface area contributed by atoms with Crippen molar-refractivity contribution in [2.24, 2.45) is 16.9 Å². The number of fused-ring (bicyclic) bond motifs is 1. The molecular weight excluding hydrogens is 474 g/mol. The quantitative estimate of drug-likeness (QED) is 0.244. The van der Waals surface area contributed by atoms with Gasteiger partial charge in [-0.1, -0.05) is 54.1 Å². The number of aliphatic carboxylic acids is 1. The molecule has 3 aromatic rings. The first-order valence-corrected chi connectivity index (χ1v) is 11.9. The molecule has 0 saturated heterocycles. The van der Waals surface area contributed by atoms with Gasteiger partial charge in [0, 0.05) is 15.8 Å². The van der Waals surface area contributed by atoms with Gasteiger partial charge in [-0.15, -0.1) is 11.3 Å². The van der Waals surface area contributed by atoms with Crippen LogP contribution in [-0.2, 0) is 9.59 Å². The minimum absolute atomic E-state index is 0.336. The van der Waals surface area contributed by atoms with Crippen molar-refractivity contribution in [3.63, 3.8) is 0 Å². The van der Waals surface area contributed by atoms with E-state index in [0.717, 1.165) is 10.1 Å². The fraction of sp³-hybridized carbons (Fsp3) is 0.200. The summed E-state index contributed by atoms with van der Waals surface area (Å²) in [6.45, 7) is 1.74. The predicted octanol–water partition coefficient (Wildman–Crippen LogP) is 5.31. The number of hydrazone groups is 1. The molecule has 2 aromatic carbocycles. The number of benzene rings is 2. The Bertz CT molecular complexity index is 1330. The standard InChI is InChI=1S/C25H22ClN3O4S/c1-14(28-29-24(31)22-21(26)19-11-4-5-12-20(19)34-22)15-7-6-8-16(13-15)27-23(30)17-9-2-3-10-18(17)25(32)33/h2-8,11-13,17-18H,9-10H2,1H3,(H,27,30)(H,29,31)(H,32,33)/b28-14-/t17-,18+/m1/s1. The van der Waals surface area contributed by atoms with Gasteiger partial charge >= 0.3 is 5.97 Å². The van der Waals surface area contributed by atoms with Crippen LogP contribution >= 0.6 is 22.9 Å². The van der Waals surface area contributed by atoms with Gasteiger partial charge in [0.05, 0.1) is 22.6 Å². The van der Waals surface area contributed by atoms with E-state index in [1.807, 2.05) is 30.3 Å². The van der Waals surface area contributed by atoms with E-state index >= 15 is 0 Å². The summed E-state index contributed by atoms with van der Waals surface area (Å²) in [4.78, 5) is 37.3. The lowest BCUT2D eigenvalue weighted by Gasteiger charge is -2.24. The van der Waals surface area contributed by atoms with Gasteiger partial charge < -0.3 is 10.4 Å². The maximum absolute atomic E-state index is 12.7. The molecule has 3 N–H and O–H groups in total. The molecule has 0 spiro atoms. The van der Waals surface area contributed by atoms with Crippen LogP contribution in [0.5, 0.6) is 0 Å². The molecule has 0 radical (unpaired) electrons. The third kappa shape index (κ3) is 5.03. The monoisotopic (exact) mass is 495 g/mol. The molecule has 7 nitrogen and oxygen atoms in total. The van der Waals surface area contributed by atoms with E-state index in [1.165, 1.54) is 11.3 Å². The number of carbonyl (C=O) groups is 3. The number of hydrogen-bond donors (Lipinski definition) is 3. The first-order chi connectivity index (χ1) is 16.3. The molecule has 0 bridgehead atoms. The van der Waals surface area contributed by atoms with Gasteiger partial charge in [-0.25, -0.2) is 5.43 Å². The van der Waals surface area contributed by atoms with Crippen LogP contribution in [0.15, 0.2) is 65.8 Å². The van der Waals surface area contributed by atoms with Crippen molar-refractivity contribution in [1.29, 1.82) is 0 Å². The average Bonchev–Trinajstić information content (AvgIpc) is 3.19. The number of rotatable bonds is 6. The number of nitrogens with one attached hydrogen (secondary N) is 2. The summed E-state index contributed by atoms with van der Waals surface area (Å²) < 4.78 is 0.917. The van der Waals surface area contributed by atoms with E-state index in [-0.39, 0.29) is 5.91 Å². The molecule has 2 atom stereocenters. The van der Waals surface area contributed by atoms with Crippen LogP contribution in [-0.4, -0.2) is 28.6 Å². The molecule has 1 aliphatic rings. The van der Waals surface area contributed by atoms with Crippen molar-refractivity contribution in [1.82, 2.24) is 5.43 Å². The highest BCUT2D eigenvalue weighted by Crippen LogP contribution is 2.35. The second-order valence-electron chi connectivity index (χ2n) is 7.94. The molecule has 4 rings (SSSR count). The number of carboxylic acids is 1. The number of hydrogen-bond acceptors (Lipinski definition) is 5. The summed E-state index contributed by atoms with van der Waals surface area (Å²) in [6, 6.07) is 14.5. The average molecular weight is 496 g/mol. The van der Waals surface area contributed by atoms with Crippen molar-refractivity contribution in [2.75, 3.05) is 5.32 Å². The Morgan fingerprint density at radius 1 is 1.06 bits per heavy atom. The summed E-state index contributed by atoms with van der Waals surface area (Å²) in [5.74, 6) is -3.09. The van der Waals surface area contributed by atoms with Crippen LogP contribution in [0.3, 0.4) is 0 Å². The molecular formula is C25H22ClN3O4S. The topological polar surface area (TPSA) is 108 Å². The second kappa shape index (κ2) is 10.2. The summed E-state index contributed by atoms with van der Waals surface area (Å²) in [5.41, 5.74) is 4.29. The van der Waals surface area contributed by atoms with E-state index < -0.39 is 23.7 Å². The van der Waals surface area contributed by atoms with Crippen LogP contribution in [0.4, 0.5) is 5.69 Å². The highest BCUT2D eigenvalue weighted by molar-refractivity contribution is 7.21. The molecule has 174 valence electrons. The normalized spacial score (nSPS) is 18.0. The molecule has 2 amide bonds. The number of anilines is 1. The number of carboxylic acid groups (broad SMARTS) is 1. The Kier molecular flexibility index (Phi) is 7.09. The fourth-order valence-corrected chi connectivity index (χ4v) is 5.25. The Labute approximate surface area is 205 Å². The Morgan fingerprint density at radius 2 is 1.79 bits per heavy atom. The summed E-state index contributed by atoms with van der Waals surface area (Å²) in [7, 11) is 0. The summed E-state index contributed by atoms with van der Waals surface area (Å²) in [6.07, 6.45) is 4.35. The van der Waals surface area contributed by atoms with E-state index in [2.05, 4.69) is 15.8 Å². The van der Waals surface area contributed by atoms with E-state index in [4.69, 9.17) is 11.6 Å². The molecule has 0 saturated carbocycles. The zero-order chi connectivity index (χ0) is 24.2. The third-order valence-corrected chi connectivity index (χ3v) is 7.37. The van der Waals surface area contributed by atoms with Gasteiger partial charge in [-0.3, -0.25) is 14.4 Å². The van der Waals surface area contributed by atoms with E-state index in [9.17, 15) is 19.5 Å². The van der Waals surface area contributed by atoms with Gasteiger partial charge in [0.25, 0.3) is 5.91 Å². The van der Waals surface area contributed by atoms with Gasteiger partial charge in [0.1, 0.15) is 4.88 Å². The third-order valence-electron chi connectivity index (χ3n) is 5.70. The number of allylic oxidation sites excluding steroid dienone is 2. The molecule has 0 fully saturated rings. The SMILES string of the molecule is C/C(=N/NC(=O)c1sc2ccccc2c1Cl)c1cccc(NC(=O)[C@@H]2CC=CC[C@@H]2C(=O)O)c1. The van der Waals surface area contributed by atoms with E-state index in [0.29, 0.717) is 39.7 Å². The minimum Gasteiger partial charge on any atom is -0.481 e. The van der Waals surface area contributed by atoms with Crippen molar-refractivity contribution in [3.8, 4) is 0 Å². The lowest BCUT2D eigenvalue weighted by Crippen LogP contribution is -2.34. The van der Waals surface area contributed by atoms with Crippen molar-refractivity contribution in [3.05, 3.63) is 76.1 Å². The molecule has 9 heteroatoms. The molecule has 0 aliphatic heterocycles. The maximum atomic E-state index is 12.7. The lowest BCUT2D eigenvalue weighted by molar-refractivity contribution is -0.146. The first kappa shape index (κ1) is 23.7. The van der Waals surface area contributed by atoms with Crippen molar-refractivity contribution < 1.29 is 19.5 Å². The minimum atomic E-state index is -0.976. The Balaban J connectivity index is 1.45. The molecule has 1 aromatic heterocycles. The second-order valence-corrected chi connectivity index (χ2v) is 9.37. The lowest BCUT2D eigenvalue weighted by atomic mass is 9.82. The van der Waals surface area contributed by atoms with E-state index in [1.54, 1.807) is 37.3 Å². The smallest absolute Gasteiger partial charge is 0.307 e. The van der Waals surface area contributed by atoms with Crippen LogP contribution in [0, 0.1) is 11.8 Å². The number of thiophene rings is 1. The molecule has 34 heavy (non-hydrogen) atoms. The van der Waals surface area contributed by atoms with Crippen molar-refractivity contribution in [2.45, 2.75) is 19.8 Å². The molecule has 0 unspecified atom stereocenters. The fourth-order valence-electron chi connectivity index (χ4n) is 3.84. The number of halogens is 1. The van der Waals surface area contributed by atoms with Crippen LogP contribution in [0.25, 0.3) is 10.1 Å². The van der Waals surface area contributed by atoms with Crippen molar-refractivity contribution >= 4 is 62.2 Å². The Morgan fingerprint density at radius 3 is 2.53 bits per heavy atom. The highest BCUT2D eigenvalue weighted by atomic mass is 35.5. The van der Waals surface area contributed by atoms with Gasteiger partial charge in [0.2, 0.25) is 5.91 Å². The highest BCUT2D eigenvalue weighted by Gasteiger charge is 2.34. The maximum Gasteiger partial charge on any atom is 0.307 e. The predicted molar refractivity (Wildman–Crippen MR) is 135 cm³/mol. The van der Waals surface area contributed by atoms with Gasteiger partial charge in [-0.2, -0.15) is 5.10 Å². The number of amides is 2. The van der Waals surface area contributed by atoms with Gasteiger partial charge in [0.15, 0.2) is 0 Å². The van der Waals surface area contributed by atoms with Crippen LogP contribution in [0.1, 0.15) is 35.0 Å².